The number of nitrogens with one attached hydrogen (secondary N) is 1. The van der Waals surface area contributed by atoms with Crippen LogP contribution in [-0.4, -0.2) is 31.8 Å². The number of halogens is 1. The molecule has 8 heteroatoms. The number of phenols is 1. The van der Waals surface area contributed by atoms with E-state index in [1.807, 2.05) is 34.9 Å². The molecule has 0 aliphatic rings. The Labute approximate surface area is 181 Å². The van der Waals surface area contributed by atoms with Crippen LogP contribution < -0.4 is 5.43 Å². The second-order valence-electron chi connectivity index (χ2n) is 7.02. The highest BCUT2D eigenvalue weighted by Crippen LogP contribution is 2.28. The van der Waals surface area contributed by atoms with Crippen molar-refractivity contribution in [1.29, 1.82) is 0 Å². The number of hydrogen-bond acceptors (Lipinski definition) is 5. The van der Waals surface area contributed by atoms with Crippen LogP contribution in [0.5, 0.6) is 5.75 Å². The highest BCUT2D eigenvalue weighted by Gasteiger charge is 2.16. The number of aromatic nitrogens is 3. The van der Waals surface area contributed by atoms with Crippen LogP contribution in [0.25, 0.3) is 33.1 Å². The normalized spacial score (nSPS) is 11.6. The predicted molar refractivity (Wildman–Crippen MR) is 121 cm³/mol. The zero-order valence-electron chi connectivity index (χ0n) is 16.2. The fraction of sp³-hybridized carbons (Fsp3) is 0.0435. The second kappa shape index (κ2) is 7.70. The molecule has 3 aromatic carbocycles. The average molecular weight is 430 g/mol. The molecule has 2 aromatic heterocycles. The van der Waals surface area contributed by atoms with Gasteiger partial charge >= 0.3 is 0 Å². The van der Waals surface area contributed by atoms with E-state index >= 15 is 0 Å². The number of hydrazone groups is 1. The maximum atomic E-state index is 12.6. The third-order valence-electron chi connectivity index (χ3n) is 4.91. The predicted octanol–water partition coefficient (Wildman–Crippen LogP) is 4.25. The number of nitrogens with zero attached hydrogens (tertiary/aromatic N) is 4. The number of hydrogen-bond donors (Lipinski definition) is 2. The summed E-state index contributed by atoms with van der Waals surface area (Å²) in [6.45, 7) is 0.0324. The van der Waals surface area contributed by atoms with E-state index in [0.717, 1.165) is 16.5 Å². The number of phenolic OH excluding ortho intramolecular Hbond substituents is 1. The largest absolute Gasteiger partial charge is 0.508 e. The molecular formula is C23H16ClN5O2. The number of benzene rings is 3. The Morgan fingerprint density at radius 1 is 1.06 bits per heavy atom. The lowest BCUT2D eigenvalue weighted by molar-refractivity contribution is -0.121. The first kappa shape index (κ1) is 19.0. The van der Waals surface area contributed by atoms with Crippen molar-refractivity contribution in [3.8, 4) is 5.75 Å². The highest BCUT2D eigenvalue weighted by molar-refractivity contribution is 6.31. The summed E-state index contributed by atoms with van der Waals surface area (Å²) in [6, 6.07) is 19.6. The van der Waals surface area contributed by atoms with Gasteiger partial charge in [0.1, 0.15) is 17.8 Å². The molecule has 31 heavy (non-hydrogen) atoms. The summed E-state index contributed by atoms with van der Waals surface area (Å²) >= 11 is 6.11. The first-order valence-electron chi connectivity index (χ1n) is 9.54. The van der Waals surface area contributed by atoms with E-state index in [4.69, 9.17) is 21.6 Å². The van der Waals surface area contributed by atoms with Crippen molar-refractivity contribution >= 4 is 56.8 Å². The molecule has 0 unspecified atom stereocenters. The van der Waals surface area contributed by atoms with Gasteiger partial charge in [0.15, 0.2) is 5.65 Å². The van der Waals surface area contributed by atoms with Gasteiger partial charge < -0.3 is 9.67 Å². The molecule has 0 atom stereocenters. The highest BCUT2D eigenvalue weighted by atomic mass is 35.5. The van der Waals surface area contributed by atoms with E-state index in [2.05, 4.69) is 10.5 Å². The molecule has 0 saturated carbocycles. The zero-order valence-corrected chi connectivity index (χ0v) is 16.9. The molecule has 0 spiro atoms. The number of rotatable bonds is 4. The molecule has 0 aliphatic heterocycles. The number of carbonyl (C=O) groups is 1. The van der Waals surface area contributed by atoms with Gasteiger partial charge in [0.05, 0.1) is 22.8 Å². The average Bonchev–Trinajstić information content (AvgIpc) is 3.06. The Balaban J connectivity index is 1.50. The summed E-state index contributed by atoms with van der Waals surface area (Å²) in [5, 5.41) is 14.8. The summed E-state index contributed by atoms with van der Waals surface area (Å²) in [4.78, 5) is 22.1. The lowest BCUT2D eigenvalue weighted by Crippen LogP contribution is -2.23. The monoisotopic (exact) mass is 429 g/mol. The lowest BCUT2D eigenvalue weighted by Gasteiger charge is -2.06. The van der Waals surface area contributed by atoms with Gasteiger partial charge in [-0.3, -0.25) is 4.79 Å². The van der Waals surface area contributed by atoms with Crippen LogP contribution in [0.4, 0.5) is 0 Å². The molecule has 0 radical (unpaired) electrons. The van der Waals surface area contributed by atoms with Gasteiger partial charge in [-0.25, -0.2) is 15.4 Å². The Hall–Kier alpha value is -3.97. The molecule has 0 bridgehead atoms. The van der Waals surface area contributed by atoms with Gasteiger partial charge in [-0.05, 0) is 54.1 Å². The van der Waals surface area contributed by atoms with Gasteiger partial charge in [-0.2, -0.15) is 5.10 Å². The number of amides is 1. The zero-order chi connectivity index (χ0) is 21.4. The molecule has 0 saturated heterocycles. The summed E-state index contributed by atoms with van der Waals surface area (Å²) in [5.74, 6) is -0.126. The van der Waals surface area contributed by atoms with Gasteiger partial charge in [0.2, 0.25) is 0 Å². The Bertz CT molecular complexity index is 1470. The van der Waals surface area contributed by atoms with E-state index in [1.165, 1.54) is 6.21 Å². The minimum absolute atomic E-state index is 0.0324. The number of carbonyl (C=O) groups excluding carboxylic acids is 1. The first-order chi connectivity index (χ1) is 15.1. The van der Waals surface area contributed by atoms with Crippen LogP contribution in [0.2, 0.25) is 5.02 Å². The van der Waals surface area contributed by atoms with Crippen molar-refractivity contribution in [3.63, 3.8) is 0 Å². The molecule has 2 N–H and O–H groups in total. The number of aromatic hydroxyl groups is 1. The van der Waals surface area contributed by atoms with Crippen LogP contribution in [0.1, 0.15) is 5.56 Å². The summed E-state index contributed by atoms with van der Waals surface area (Å²) in [6.07, 6.45) is 1.51. The first-order valence-corrected chi connectivity index (χ1v) is 9.91. The van der Waals surface area contributed by atoms with Gasteiger partial charge in [-0.1, -0.05) is 29.8 Å². The quantitative estimate of drug-likeness (QED) is 0.330. The molecule has 0 fully saturated rings. The van der Waals surface area contributed by atoms with E-state index < -0.39 is 0 Å². The van der Waals surface area contributed by atoms with E-state index in [0.29, 0.717) is 27.2 Å². The Kier molecular flexibility index (Phi) is 4.72. The van der Waals surface area contributed by atoms with Crippen molar-refractivity contribution in [2.45, 2.75) is 6.54 Å². The fourth-order valence-electron chi connectivity index (χ4n) is 3.49. The van der Waals surface area contributed by atoms with Crippen LogP contribution in [0.3, 0.4) is 0 Å². The van der Waals surface area contributed by atoms with E-state index in [-0.39, 0.29) is 18.2 Å². The standard InChI is InChI=1S/C23H16ClN5O2/c24-15-7-10-18-19(11-15)26-22-17-3-1-2-4-20(17)29(23(22)27-18)13-21(31)28-25-12-14-5-8-16(30)9-6-14/h1-12,30H,13H2,(H,28,31)/b25-12+. The molecule has 0 aliphatic carbocycles. The van der Waals surface area contributed by atoms with Crippen molar-refractivity contribution in [2.75, 3.05) is 0 Å². The topological polar surface area (TPSA) is 92.4 Å². The van der Waals surface area contributed by atoms with Crippen LogP contribution in [0, 0.1) is 0 Å². The summed E-state index contributed by atoms with van der Waals surface area (Å²) in [5.41, 5.74) is 6.89. The number of para-hydroxylation sites is 1. The van der Waals surface area contributed by atoms with Gasteiger partial charge in [0, 0.05) is 10.4 Å². The van der Waals surface area contributed by atoms with Crippen LogP contribution in [-0.2, 0) is 11.3 Å². The molecule has 1 amide bonds. The minimum Gasteiger partial charge on any atom is -0.508 e. The molecule has 152 valence electrons. The summed E-state index contributed by atoms with van der Waals surface area (Å²) < 4.78 is 1.83. The lowest BCUT2D eigenvalue weighted by atomic mass is 10.2. The fourth-order valence-corrected chi connectivity index (χ4v) is 3.65. The maximum Gasteiger partial charge on any atom is 0.260 e. The Morgan fingerprint density at radius 2 is 1.87 bits per heavy atom. The second-order valence-corrected chi connectivity index (χ2v) is 7.45. The number of fused-ring (bicyclic) bond motifs is 4. The van der Waals surface area contributed by atoms with E-state index in [1.54, 1.807) is 36.4 Å². The molecule has 2 heterocycles. The third-order valence-corrected chi connectivity index (χ3v) is 5.15. The summed E-state index contributed by atoms with van der Waals surface area (Å²) in [7, 11) is 0. The van der Waals surface area contributed by atoms with Crippen molar-refractivity contribution in [2.24, 2.45) is 5.10 Å². The molecule has 5 rings (SSSR count). The van der Waals surface area contributed by atoms with Crippen LogP contribution >= 0.6 is 11.6 Å². The molecule has 7 nitrogen and oxygen atoms in total. The SMILES string of the molecule is O=C(Cn1c2ccccc2c2nc3cc(Cl)ccc3nc21)N/N=C/c1ccc(O)cc1. The van der Waals surface area contributed by atoms with Crippen molar-refractivity contribution in [1.82, 2.24) is 20.0 Å². The smallest absolute Gasteiger partial charge is 0.260 e. The van der Waals surface area contributed by atoms with Crippen LogP contribution in [0.15, 0.2) is 71.8 Å². The maximum absolute atomic E-state index is 12.6. The van der Waals surface area contributed by atoms with Crippen molar-refractivity contribution < 1.29 is 9.90 Å². The van der Waals surface area contributed by atoms with E-state index in [9.17, 15) is 9.90 Å². The van der Waals surface area contributed by atoms with Gasteiger partial charge in [-0.15, -0.1) is 0 Å². The minimum atomic E-state index is -0.296. The van der Waals surface area contributed by atoms with Crippen molar-refractivity contribution in [3.05, 3.63) is 77.3 Å². The van der Waals surface area contributed by atoms with Gasteiger partial charge in [0.25, 0.3) is 5.91 Å². The molecular weight excluding hydrogens is 414 g/mol. The molecule has 5 aromatic rings. The Morgan fingerprint density at radius 3 is 2.71 bits per heavy atom. The third kappa shape index (κ3) is 3.67.